The Morgan fingerprint density at radius 3 is 2.36 bits per heavy atom. The van der Waals surface area contributed by atoms with Gasteiger partial charge in [0.05, 0.1) is 30.4 Å². The normalized spacial score (nSPS) is 18.8. The first kappa shape index (κ1) is 23.9. The van der Waals surface area contributed by atoms with Crippen molar-refractivity contribution in [1.82, 2.24) is 20.0 Å². The Morgan fingerprint density at radius 1 is 1.03 bits per heavy atom. The second kappa shape index (κ2) is 9.33. The van der Waals surface area contributed by atoms with Crippen molar-refractivity contribution in [2.24, 2.45) is 11.3 Å². The average Bonchev–Trinajstić information content (AvgIpc) is 3.50. The Bertz CT molecular complexity index is 1210. The lowest BCUT2D eigenvalue weighted by molar-refractivity contribution is -0.137. The van der Waals surface area contributed by atoms with Crippen molar-refractivity contribution in [3.05, 3.63) is 83.7 Å². The van der Waals surface area contributed by atoms with Gasteiger partial charge in [0.25, 0.3) is 5.91 Å². The van der Waals surface area contributed by atoms with Crippen LogP contribution in [0.25, 0.3) is 0 Å². The maximum atomic E-state index is 13.1. The number of carbonyl (C=O) groups is 2. The van der Waals surface area contributed by atoms with Crippen molar-refractivity contribution in [2.45, 2.75) is 12.6 Å². The van der Waals surface area contributed by atoms with Crippen LogP contribution in [-0.2, 0) is 17.4 Å². The summed E-state index contributed by atoms with van der Waals surface area (Å²) in [5.41, 5.74) is -0.0374. The number of aromatic nitrogens is 2. The molecule has 5 rings (SSSR count). The molecule has 2 amide bonds. The van der Waals surface area contributed by atoms with Gasteiger partial charge in [-0.1, -0.05) is 30.3 Å². The molecule has 3 heterocycles. The van der Waals surface area contributed by atoms with Gasteiger partial charge in [-0.15, -0.1) is 0 Å². The number of rotatable bonds is 6. The fourth-order valence-corrected chi connectivity index (χ4v) is 5.03. The smallest absolute Gasteiger partial charge is 0.416 e. The van der Waals surface area contributed by atoms with E-state index in [1.807, 2.05) is 30.3 Å². The first-order chi connectivity index (χ1) is 17.2. The van der Waals surface area contributed by atoms with Gasteiger partial charge in [0.1, 0.15) is 5.75 Å². The molecule has 1 spiro atoms. The average molecular weight is 499 g/mol. The van der Waals surface area contributed by atoms with Crippen LogP contribution in [0, 0.1) is 11.3 Å². The van der Waals surface area contributed by atoms with Crippen molar-refractivity contribution in [3.63, 3.8) is 0 Å². The van der Waals surface area contributed by atoms with Crippen LogP contribution >= 0.6 is 0 Å². The standard InChI is InChI=1S/C26H25F3N4O3/c27-26(28,29)20-8-6-18(7-9-20)10-23(34)32-13-21(14-36-22-4-2-1-3-5-22)25(15-32)16-33(17-25)24(35)19-11-30-31-12-19/h1-9,11-12,21H,10,13-17H2,(H,30,31). The number of carbonyl (C=O) groups excluding carboxylic acids is 2. The minimum atomic E-state index is -4.42. The molecule has 0 radical (unpaired) electrons. The van der Waals surface area contributed by atoms with E-state index < -0.39 is 11.7 Å². The van der Waals surface area contributed by atoms with E-state index in [1.54, 1.807) is 16.0 Å². The molecule has 3 aromatic rings. The number of likely N-dealkylation sites (tertiary alicyclic amines) is 2. The van der Waals surface area contributed by atoms with Gasteiger partial charge in [0, 0.05) is 43.7 Å². The van der Waals surface area contributed by atoms with E-state index in [0.717, 1.165) is 17.9 Å². The summed E-state index contributed by atoms with van der Waals surface area (Å²) < 4.78 is 44.6. The Labute approximate surface area is 205 Å². The molecule has 2 aliphatic heterocycles. The van der Waals surface area contributed by atoms with E-state index in [4.69, 9.17) is 4.74 Å². The minimum absolute atomic E-state index is 0.00246. The molecule has 0 aliphatic carbocycles. The summed E-state index contributed by atoms with van der Waals surface area (Å²) in [5.74, 6) is 0.457. The number of aromatic amines is 1. The molecular formula is C26H25F3N4O3. The topological polar surface area (TPSA) is 78.5 Å². The lowest BCUT2D eigenvalue weighted by atomic mass is 9.71. The van der Waals surface area contributed by atoms with Gasteiger partial charge in [-0.3, -0.25) is 14.7 Å². The van der Waals surface area contributed by atoms with Gasteiger partial charge in [-0.25, -0.2) is 0 Å². The summed E-state index contributed by atoms with van der Waals surface area (Å²) >= 11 is 0. The highest BCUT2D eigenvalue weighted by Gasteiger charge is 2.56. The molecule has 0 saturated carbocycles. The first-order valence-corrected chi connectivity index (χ1v) is 11.6. The Morgan fingerprint density at radius 2 is 1.72 bits per heavy atom. The van der Waals surface area contributed by atoms with Crippen molar-refractivity contribution in [2.75, 3.05) is 32.8 Å². The van der Waals surface area contributed by atoms with Gasteiger partial charge < -0.3 is 14.5 Å². The molecule has 0 bridgehead atoms. The van der Waals surface area contributed by atoms with Crippen LogP contribution in [0.5, 0.6) is 5.75 Å². The van der Waals surface area contributed by atoms with E-state index in [9.17, 15) is 22.8 Å². The maximum Gasteiger partial charge on any atom is 0.416 e. The van der Waals surface area contributed by atoms with Gasteiger partial charge in [0.2, 0.25) is 5.91 Å². The molecule has 1 atom stereocenters. The second-order valence-corrected chi connectivity index (χ2v) is 9.48. The second-order valence-electron chi connectivity index (χ2n) is 9.48. The summed E-state index contributed by atoms with van der Waals surface area (Å²) in [6.07, 6.45) is -1.37. The number of benzene rings is 2. The number of halogens is 3. The van der Waals surface area contributed by atoms with Gasteiger partial charge in [-0.2, -0.15) is 18.3 Å². The van der Waals surface area contributed by atoms with E-state index in [1.165, 1.54) is 18.3 Å². The molecule has 1 aromatic heterocycles. The van der Waals surface area contributed by atoms with Crippen LogP contribution in [0.3, 0.4) is 0 Å². The monoisotopic (exact) mass is 498 g/mol. The van der Waals surface area contributed by atoms with Crippen LogP contribution in [0.1, 0.15) is 21.5 Å². The third-order valence-corrected chi connectivity index (χ3v) is 7.04. The van der Waals surface area contributed by atoms with Crippen LogP contribution < -0.4 is 4.74 Å². The first-order valence-electron chi connectivity index (χ1n) is 11.6. The maximum absolute atomic E-state index is 13.1. The molecule has 36 heavy (non-hydrogen) atoms. The number of nitrogens with zero attached hydrogens (tertiary/aromatic N) is 3. The number of para-hydroxylation sites is 1. The number of nitrogens with one attached hydrogen (secondary N) is 1. The molecule has 1 N–H and O–H groups in total. The highest BCUT2D eigenvalue weighted by Crippen LogP contribution is 2.45. The zero-order valence-electron chi connectivity index (χ0n) is 19.4. The van der Waals surface area contributed by atoms with E-state index in [2.05, 4.69) is 10.2 Å². The molecule has 7 nitrogen and oxygen atoms in total. The zero-order valence-corrected chi connectivity index (χ0v) is 19.4. The predicted octanol–water partition coefficient (Wildman–Crippen LogP) is 3.65. The predicted molar refractivity (Wildman–Crippen MR) is 124 cm³/mol. The number of H-pyrrole nitrogens is 1. The molecule has 2 aromatic carbocycles. The summed E-state index contributed by atoms with van der Waals surface area (Å²) in [5, 5.41) is 6.48. The van der Waals surface area contributed by atoms with Crippen LogP contribution in [0.15, 0.2) is 67.0 Å². The number of hydrogen-bond acceptors (Lipinski definition) is 4. The van der Waals surface area contributed by atoms with Crippen molar-refractivity contribution in [3.8, 4) is 5.75 Å². The largest absolute Gasteiger partial charge is 0.493 e. The quantitative estimate of drug-likeness (QED) is 0.563. The SMILES string of the molecule is O=C(Cc1ccc(C(F)(F)F)cc1)N1CC(COc2ccccc2)C2(C1)CN(C(=O)c1cn[nH]c1)C2. The number of amides is 2. The molecule has 2 saturated heterocycles. The third kappa shape index (κ3) is 4.80. The molecule has 1 unspecified atom stereocenters. The summed E-state index contributed by atoms with van der Waals surface area (Å²) in [6.45, 7) is 2.29. The van der Waals surface area contributed by atoms with Gasteiger partial charge >= 0.3 is 6.18 Å². The van der Waals surface area contributed by atoms with E-state index in [0.29, 0.717) is 43.9 Å². The molecule has 2 fully saturated rings. The minimum Gasteiger partial charge on any atom is -0.493 e. The van der Waals surface area contributed by atoms with Crippen LogP contribution in [0.2, 0.25) is 0 Å². The van der Waals surface area contributed by atoms with Crippen LogP contribution in [0.4, 0.5) is 13.2 Å². The number of alkyl halides is 3. The number of hydrogen-bond donors (Lipinski definition) is 1. The Balaban J connectivity index is 1.27. The van der Waals surface area contributed by atoms with Gasteiger partial charge in [-0.05, 0) is 29.8 Å². The summed E-state index contributed by atoms with van der Waals surface area (Å²) in [4.78, 5) is 29.3. The summed E-state index contributed by atoms with van der Waals surface area (Å²) in [6, 6.07) is 14.1. The fourth-order valence-electron chi connectivity index (χ4n) is 5.03. The zero-order chi connectivity index (χ0) is 25.3. The van der Waals surface area contributed by atoms with E-state index >= 15 is 0 Å². The van der Waals surface area contributed by atoms with Crippen LogP contribution in [-0.4, -0.2) is 64.6 Å². The molecular weight excluding hydrogens is 473 g/mol. The Kier molecular flexibility index (Phi) is 6.19. The lowest BCUT2D eigenvalue weighted by Gasteiger charge is -2.50. The van der Waals surface area contributed by atoms with Gasteiger partial charge in [0.15, 0.2) is 0 Å². The molecule has 188 valence electrons. The fraction of sp³-hybridized carbons (Fsp3) is 0.346. The number of ether oxygens (including phenoxy) is 1. The van der Waals surface area contributed by atoms with E-state index in [-0.39, 0.29) is 29.6 Å². The van der Waals surface area contributed by atoms with Crippen molar-refractivity contribution in [1.29, 1.82) is 0 Å². The lowest BCUT2D eigenvalue weighted by Crippen LogP contribution is -2.62. The molecule has 2 aliphatic rings. The highest BCUT2D eigenvalue weighted by atomic mass is 19.4. The van der Waals surface area contributed by atoms with Crippen molar-refractivity contribution < 1.29 is 27.5 Å². The Hall–Kier alpha value is -3.82. The third-order valence-electron chi connectivity index (χ3n) is 7.04. The van der Waals surface area contributed by atoms with Crippen molar-refractivity contribution >= 4 is 11.8 Å². The highest BCUT2D eigenvalue weighted by molar-refractivity contribution is 5.94. The summed E-state index contributed by atoms with van der Waals surface area (Å²) in [7, 11) is 0. The molecule has 10 heteroatoms.